The number of hydrogen-bond donors (Lipinski definition) is 1. The summed E-state index contributed by atoms with van der Waals surface area (Å²) >= 11 is 0. The summed E-state index contributed by atoms with van der Waals surface area (Å²) in [5, 5.41) is 12.4. The van der Waals surface area contributed by atoms with E-state index in [1.807, 2.05) is 12.1 Å². The molecule has 21 heavy (non-hydrogen) atoms. The monoisotopic (exact) mass is 278 g/mol. The fourth-order valence-electron chi connectivity index (χ4n) is 2.36. The Morgan fingerprint density at radius 3 is 2.86 bits per heavy atom. The van der Waals surface area contributed by atoms with Crippen LogP contribution in [0.5, 0.6) is 0 Å². The molecule has 0 aliphatic heterocycles. The van der Waals surface area contributed by atoms with Crippen LogP contribution in [0.1, 0.15) is 36.9 Å². The predicted octanol–water partition coefficient (Wildman–Crippen LogP) is 3.08. The first kappa shape index (κ1) is 13.7. The number of aromatic nitrogens is 2. The second kappa shape index (κ2) is 6.02. The van der Waals surface area contributed by atoms with Gasteiger partial charge in [0.05, 0.1) is 17.0 Å². The van der Waals surface area contributed by atoms with Crippen molar-refractivity contribution in [2.75, 3.05) is 6.54 Å². The average molecular weight is 278 g/mol. The maximum Gasteiger partial charge on any atom is 0.101 e. The van der Waals surface area contributed by atoms with Crippen LogP contribution in [0, 0.1) is 17.2 Å². The van der Waals surface area contributed by atoms with Gasteiger partial charge in [0.2, 0.25) is 0 Å². The molecule has 0 amide bonds. The molecule has 0 spiro atoms. The maximum atomic E-state index is 8.85. The van der Waals surface area contributed by atoms with E-state index in [9.17, 15) is 0 Å². The Labute approximate surface area is 124 Å². The molecule has 1 fully saturated rings. The lowest BCUT2D eigenvalue weighted by Crippen LogP contribution is -2.21. The Hall–Kier alpha value is -2.25. The van der Waals surface area contributed by atoms with Crippen molar-refractivity contribution < 1.29 is 0 Å². The number of hydrogen-bond acceptors (Lipinski definition) is 4. The molecular formula is C17H18N4. The molecule has 2 aromatic heterocycles. The van der Waals surface area contributed by atoms with Crippen molar-refractivity contribution >= 4 is 0 Å². The minimum Gasteiger partial charge on any atom is -0.310 e. The van der Waals surface area contributed by atoms with E-state index in [-0.39, 0.29) is 6.04 Å². The minimum absolute atomic E-state index is 0.242. The van der Waals surface area contributed by atoms with E-state index < -0.39 is 0 Å². The van der Waals surface area contributed by atoms with Gasteiger partial charge in [0, 0.05) is 18.4 Å². The van der Waals surface area contributed by atoms with E-state index in [0.29, 0.717) is 5.56 Å². The smallest absolute Gasteiger partial charge is 0.101 e. The molecule has 1 saturated carbocycles. The highest BCUT2D eigenvalue weighted by atomic mass is 14.9. The van der Waals surface area contributed by atoms with E-state index in [1.165, 1.54) is 12.8 Å². The number of nitriles is 1. The Morgan fingerprint density at radius 2 is 2.19 bits per heavy atom. The highest BCUT2D eigenvalue weighted by Crippen LogP contribution is 2.30. The number of pyridine rings is 2. The zero-order chi connectivity index (χ0) is 14.7. The summed E-state index contributed by atoms with van der Waals surface area (Å²) in [4.78, 5) is 8.84. The topological polar surface area (TPSA) is 61.6 Å². The Morgan fingerprint density at radius 1 is 1.33 bits per heavy atom. The van der Waals surface area contributed by atoms with E-state index in [4.69, 9.17) is 5.26 Å². The standard InChI is InChI=1S/C17H18N4/c1-12(20-10-13-4-5-13)15-3-2-8-19-17(15)16-7-6-14(9-18)11-21-16/h2-3,6-8,11-13,20H,4-5,10H2,1H3/t12-/m0/s1. The van der Waals surface area contributed by atoms with Crippen molar-refractivity contribution in [1.82, 2.24) is 15.3 Å². The van der Waals surface area contributed by atoms with Crippen LogP contribution in [0.4, 0.5) is 0 Å². The molecular weight excluding hydrogens is 260 g/mol. The molecule has 106 valence electrons. The van der Waals surface area contributed by atoms with Crippen molar-refractivity contribution in [2.24, 2.45) is 5.92 Å². The van der Waals surface area contributed by atoms with Gasteiger partial charge in [-0.3, -0.25) is 9.97 Å². The summed E-state index contributed by atoms with van der Waals surface area (Å²) in [7, 11) is 0. The quantitative estimate of drug-likeness (QED) is 0.913. The minimum atomic E-state index is 0.242. The summed E-state index contributed by atoms with van der Waals surface area (Å²) < 4.78 is 0. The molecule has 0 radical (unpaired) electrons. The molecule has 1 aliphatic carbocycles. The summed E-state index contributed by atoms with van der Waals surface area (Å²) in [6.07, 6.45) is 6.07. The summed E-state index contributed by atoms with van der Waals surface area (Å²) in [5.74, 6) is 0.848. The second-order valence-electron chi connectivity index (χ2n) is 5.56. The second-order valence-corrected chi connectivity index (χ2v) is 5.56. The van der Waals surface area contributed by atoms with E-state index in [1.54, 1.807) is 18.5 Å². The van der Waals surface area contributed by atoms with Crippen LogP contribution in [0.3, 0.4) is 0 Å². The fraction of sp³-hybridized carbons (Fsp3) is 0.353. The lowest BCUT2D eigenvalue weighted by atomic mass is 10.0. The predicted molar refractivity (Wildman–Crippen MR) is 81.3 cm³/mol. The van der Waals surface area contributed by atoms with Crippen molar-refractivity contribution in [3.05, 3.63) is 47.8 Å². The number of rotatable bonds is 5. The molecule has 0 unspecified atom stereocenters. The summed E-state index contributed by atoms with van der Waals surface area (Å²) in [6.45, 7) is 3.23. The van der Waals surface area contributed by atoms with Crippen LogP contribution in [0.25, 0.3) is 11.4 Å². The van der Waals surface area contributed by atoms with Crippen LogP contribution >= 0.6 is 0 Å². The molecule has 4 nitrogen and oxygen atoms in total. The Kier molecular flexibility index (Phi) is 3.94. The molecule has 1 aliphatic rings. The molecule has 1 atom stereocenters. The van der Waals surface area contributed by atoms with Crippen molar-refractivity contribution in [3.63, 3.8) is 0 Å². The van der Waals surface area contributed by atoms with Gasteiger partial charge in [0.15, 0.2) is 0 Å². The third-order valence-corrected chi connectivity index (χ3v) is 3.85. The Bertz CT molecular complexity index is 653. The lowest BCUT2D eigenvalue weighted by Gasteiger charge is -2.17. The van der Waals surface area contributed by atoms with E-state index in [0.717, 1.165) is 29.4 Å². The van der Waals surface area contributed by atoms with Crippen LogP contribution < -0.4 is 5.32 Å². The fourth-order valence-corrected chi connectivity index (χ4v) is 2.36. The van der Waals surface area contributed by atoms with Gasteiger partial charge >= 0.3 is 0 Å². The van der Waals surface area contributed by atoms with Crippen molar-refractivity contribution in [1.29, 1.82) is 5.26 Å². The first-order chi connectivity index (χ1) is 10.3. The SMILES string of the molecule is C[C@H](NCC1CC1)c1cccnc1-c1ccc(C#N)cn1. The van der Waals surface area contributed by atoms with Crippen LogP contribution in [0.2, 0.25) is 0 Å². The third kappa shape index (κ3) is 3.26. The van der Waals surface area contributed by atoms with Gasteiger partial charge in [0.1, 0.15) is 6.07 Å². The number of nitrogens with one attached hydrogen (secondary N) is 1. The molecule has 0 saturated heterocycles. The molecule has 2 heterocycles. The zero-order valence-corrected chi connectivity index (χ0v) is 12.1. The third-order valence-electron chi connectivity index (χ3n) is 3.85. The van der Waals surface area contributed by atoms with Crippen molar-refractivity contribution in [3.8, 4) is 17.5 Å². The van der Waals surface area contributed by atoms with Crippen LogP contribution in [0.15, 0.2) is 36.7 Å². The van der Waals surface area contributed by atoms with Crippen LogP contribution in [-0.4, -0.2) is 16.5 Å². The summed E-state index contributed by atoms with van der Waals surface area (Å²) in [6, 6.07) is 10.0. The lowest BCUT2D eigenvalue weighted by molar-refractivity contribution is 0.548. The normalized spacial score (nSPS) is 15.4. The molecule has 1 N–H and O–H groups in total. The Balaban J connectivity index is 1.85. The molecule has 4 heteroatoms. The van der Waals surface area contributed by atoms with E-state index >= 15 is 0 Å². The number of nitrogens with zero attached hydrogens (tertiary/aromatic N) is 3. The molecule has 3 rings (SSSR count). The van der Waals surface area contributed by atoms with Gasteiger partial charge in [0.25, 0.3) is 0 Å². The average Bonchev–Trinajstić information content (AvgIpc) is 3.37. The van der Waals surface area contributed by atoms with Gasteiger partial charge in [-0.2, -0.15) is 5.26 Å². The van der Waals surface area contributed by atoms with Crippen molar-refractivity contribution in [2.45, 2.75) is 25.8 Å². The van der Waals surface area contributed by atoms with Gasteiger partial charge in [-0.05, 0) is 56.0 Å². The van der Waals surface area contributed by atoms with Gasteiger partial charge in [-0.15, -0.1) is 0 Å². The zero-order valence-electron chi connectivity index (χ0n) is 12.1. The highest BCUT2D eigenvalue weighted by molar-refractivity contribution is 5.60. The molecule has 2 aromatic rings. The largest absolute Gasteiger partial charge is 0.310 e. The molecule has 0 aromatic carbocycles. The van der Waals surface area contributed by atoms with Gasteiger partial charge in [-0.1, -0.05) is 6.07 Å². The summed E-state index contributed by atoms with van der Waals surface area (Å²) in [5.41, 5.74) is 3.41. The van der Waals surface area contributed by atoms with E-state index in [2.05, 4.69) is 34.3 Å². The van der Waals surface area contributed by atoms with Crippen LogP contribution in [-0.2, 0) is 0 Å². The van der Waals surface area contributed by atoms with Gasteiger partial charge < -0.3 is 5.32 Å². The first-order valence-electron chi connectivity index (χ1n) is 7.32. The first-order valence-corrected chi connectivity index (χ1v) is 7.32. The highest BCUT2D eigenvalue weighted by Gasteiger charge is 2.22. The molecule has 0 bridgehead atoms. The van der Waals surface area contributed by atoms with Gasteiger partial charge in [-0.25, -0.2) is 0 Å². The maximum absolute atomic E-state index is 8.85.